The molecule has 2 saturated carbocycles. The number of nitrogens with two attached hydrogens (primary N) is 1. The summed E-state index contributed by atoms with van der Waals surface area (Å²) in [6.45, 7) is 6.72. The molecule has 0 aromatic rings. The van der Waals surface area contributed by atoms with E-state index in [9.17, 15) is 15.5 Å². The summed E-state index contributed by atoms with van der Waals surface area (Å²) in [5.74, 6) is -1.60. The third-order valence-corrected chi connectivity index (χ3v) is 14.1. The first-order chi connectivity index (χ1) is 23.3. The van der Waals surface area contributed by atoms with Crippen LogP contribution in [0.5, 0.6) is 0 Å². The molecule has 4 saturated heterocycles. The monoisotopic (exact) mass is 689 g/mol. The molecule has 6 fully saturated rings. The van der Waals surface area contributed by atoms with Gasteiger partial charge in [0.15, 0.2) is 0 Å². The van der Waals surface area contributed by atoms with Crippen molar-refractivity contribution in [3.8, 4) is 6.07 Å². The van der Waals surface area contributed by atoms with Crippen LogP contribution in [0.4, 0.5) is 8.78 Å². The minimum absolute atomic E-state index is 0.0221. The summed E-state index contributed by atoms with van der Waals surface area (Å²) < 4.78 is 46.4. The molecule has 0 amide bonds. The Bertz CT molecular complexity index is 1360. The summed E-state index contributed by atoms with van der Waals surface area (Å²) >= 11 is 1.45. The average molecular weight is 690 g/mol. The second kappa shape index (κ2) is 13.3. The topological polar surface area (TPSA) is 143 Å². The molecule has 11 nitrogen and oxygen atoms in total. The molecular weight excluding hydrogens is 640 g/mol. The molecule has 4 N–H and O–H groups in total. The molecule has 0 aromatic heterocycles. The number of aliphatic hydroxyl groups excluding tert-OH is 2. The van der Waals surface area contributed by atoms with Gasteiger partial charge in [0.2, 0.25) is 0 Å². The van der Waals surface area contributed by atoms with Crippen LogP contribution in [-0.4, -0.2) is 144 Å². The van der Waals surface area contributed by atoms with Gasteiger partial charge < -0.3 is 30.3 Å². The summed E-state index contributed by atoms with van der Waals surface area (Å²) in [4.78, 5) is 17.0. The third-order valence-electron chi connectivity index (χ3n) is 12.8. The standard InChI is InChI=1S/C34H49F2N7O4S/c1-17(45)11-41-12-18-2-3-19(13-41)43(18)33-28-23-16-46-15-22(23)27(29-24(35)4-5-25-26(29)21(10-37)32(38)48-25)30(36)31(28)39-34(40-33)47-14-20-6-7-42(20)8-9-44/h17-20,22-31,44-45H,2-9,11-16,38H2,1H3/t17-,18?,19?,20+,22?,23?,24?,25?,26?,27?,28?,29?,30?,31?/m1/s1. The maximum Gasteiger partial charge on any atom is 0.313 e. The van der Waals surface area contributed by atoms with E-state index in [1.54, 1.807) is 0 Å². The van der Waals surface area contributed by atoms with E-state index < -0.39 is 42.2 Å². The van der Waals surface area contributed by atoms with Gasteiger partial charge in [-0.2, -0.15) is 10.3 Å². The van der Waals surface area contributed by atoms with Crippen LogP contribution >= 0.6 is 11.8 Å². The fourth-order valence-electron chi connectivity index (χ4n) is 10.7. The highest BCUT2D eigenvalue weighted by Gasteiger charge is 2.63. The largest absolute Gasteiger partial charge is 0.462 e. The van der Waals surface area contributed by atoms with Crippen LogP contribution < -0.4 is 5.73 Å². The van der Waals surface area contributed by atoms with Crippen molar-refractivity contribution in [2.24, 2.45) is 51.2 Å². The van der Waals surface area contributed by atoms with Gasteiger partial charge >= 0.3 is 6.02 Å². The molecule has 8 rings (SSSR count). The Morgan fingerprint density at radius 3 is 2.56 bits per heavy atom. The molecule has 14 atom stereocenters. The highest BCUT2D eigenvalue weighted by molar-refractivity contribution is 8.03. The number of nitrogens with zero attached hydrogens (tertiary/aromatic N) is 6. The Labute approximate surface area is 285 Å². The number of β-amino-alcohol motifs (C(OH)–C–C–N with tert-alkyl or cyclic N) is 2. The second-order valence-corrected chi connectivity index (χ2v) is 16.7. The molecule has 0 spiro atoms. The highest BCUT2D eigenvalue weighted by atomic mass is 32.2. The van der Waals surface area contributed by atoms with E-state index in [2.05, 4.69) is 20.8 Å². The summed E-state index contributed by atoms with van der Waals surface area (Å²) in [7, 11) is 0. The summed E-state index contributed by atoms with van der Waals surface area (Å²) in [5, 5.41) is 30.1. The van der Waals surface area contributed by atoms with Crippen LogP contribution in [0, 0.1) is 46.8 Å². The van der Waals surface area contributed by atoms with Crippen LogP contribution in [0.1, 0.15) is 39.0 Å². The van der Waals surface area contributed by atoms with Crippen molar-refractivity contribution in [2.75, 3.05) is 59.2 Å². The van der Waals surface area contributed by atoms with Crippen LogP contribution in [0.3, 0.4) is 0 Å². The predicted molar refractivity (Wildman–Crippen MR) is 177 cm³/mol. The number of aliphatic imine (C=N–C) groups is 2. The van der Waals surface area contributed by atoms with Gasteiger partial charge in [-0.15, -0.1) is 11.8 Å². The minimum Gasteiger partial charge on any atom is -0.462 e. The number of allylic oxidation sites excluding steroid dienone is 1. The zero-order valence-corrected chi connectivity index (χ0v) is 28.4. The minimum atomic E-state index is -1.47. The fraction of sp³-hybridized carbons (Fsp3) is 0.853. The summed E-state index contributed by atoms with van der Waals surface area (Å²) in [6.07, 6.45) is 0.739. The van der Waals surface area contributed by atoms with E-state index in [1.807, 2.05) is 6.92 Å². The normalized spacial score (nSPS) is 44.7. The number of aliphatic hydroxyl groups is 2. The van der Waals surface area contributed by atoms with Gasteiger partial charge in [-0.1, -0.05) is 0 Å². The Kier molecular flexibility index (Phi) is 9.16. The molecule has 6 aliphatic heterocycles. The zero-order chi connectivity index (χ0) is 33.3. The Hall–Kier alpha value is -2.02. The highest BCUT2D eigenvalue weighted by Crippen LogP contribution is 2.59. The van der Waals surface area contributed by atoms with Gasteiger partial charge in [-0.25, -0.2) is 13.8 Å². The number of hydrogen-bond donors (Lipinski definition) is 3. The zero-order valence-electron chi connectivity index (χ0n) is 27.6. The van der Waals surface area contributed by atoms with Gasteiger partial charge in [0.25, 0.3) is 0 Å². The lowest BCUT2D eigenvalue weighted by Gasteiger charge is -2.54. The maximum atomic E-state index is 17.7. The number of likely N-dealkylation sites (tertiary alicyclic amines) is 2. The Morgan fingerprint density at radius 1 is 1.10 bits per heavy atom. The van der Waals surface area contributed by atoms with E-state index in [0.29, 0.717) is 56.4 Å². The van der Waals surface area contributed by atoms with Crippen molar-refractivity contribution < 1.29 is 28.5 Å². The molecule has 6 heterocycles. The number of rotatable bonds is 7. The SMILES string of the molecule is C[C@@H](O)CN1CC2CCC(C1)N2C1=NC(OC[C@@H]2CCN2CCO)=NC2C(F)C(C3C(F)CCC4SC(N)=C(C#N)C43)C3COCC3C12. The fourth-order valence-corrected chi connectivity index (χ4v) is 12.1. The first-order valence-corrected chi connectivity index (χ1v) is 18.9. The van der Waals surface area contributed by atoms with Gasteiger partial charge in [0.1, 0.15) is 24.8 Å². The predicted octanol–water partition coefficient (Wildman–Crippen LogP) is 1.76. The Balaban J connectivity index is 1.14. The lowest BCUT2D eigenvalue weighted by atomic mass is 9.55. The van der Waals surface area contributed by atoms with E-state index in [-0.39, 0.29) is 53.8 Å². The molecule has 0 radical (unpaired) electrons. The number of piperazine rings is 1. The number of ether oxygens (including phenoxy) is 2. The van der Waals surface area contributed by atoms with Crippen LogP contribution in [0.15, 0.2) is 20.6 Å². The van der Waals surface area contributed by atoms with Crippen molar-refractivity contribution >= 4 is 23.6 Å². The molecule has 264 valence electrons. The van der Waals surface area contributed by atoms with Crippen molar-refractivity contribution in [1.29, 1.82) is 5.26 Å². The first kappa shape index (κ1) is 33.1. The first-order valence-electron chi connectivity index (χ1n) is 18.0. The number of fused-ring (bicyclic) bond motifs is 6. The van der Waals surface area contributed by atoms with Crippen LogP contribution in [-0.2, 0) is 9.47 Å². The number of hydrogen-bond acceptors (Lipinski definition) is 12. The molecule has 0 aromatic carbocycles. The van der Waals surface area contributed by atoms with Crippen LogP contribution in [0.2, 0.25) is 0 Å². The molecule has 2 aliphatic carbocycles. The molecular formula is C34H49F2N7O4S. The number of amidine groups is 2. The smallest absolute Gasteiger partial charge is 0.313 e. The average Bonchev–Trinajstić information content (AvgIpc) is 3.73. The number of halogens is 2. The van der Waals surface area contributed by atoms with Crippen molar-refractivity contribution in [3.63, 3.8) is 0 Å². The van der Waals surface area contributed by atoms with E-state index in [1.165, 1.54) is 11.8 Å². The summed E-state index contributed by atoms with van der Waals surface area (Å²) in [6, 6.07) is 2.15. The Morgan fingerprint density at radius 2 is 1.88 bits per heavy atom. The van der Waals surface area contributed by atoms with E-state index >= 15 is 8.78 Å². The van der Waals surface area contributed by atoms with Gasteiger partial charge in [-0.05, 0) is 50.9 Å². The number of alkyl halides is 2. The van der Waals surface area contributed by atoms with Gasteiger partial charge in [0, 0.05) is 79.8 Å². The van der Waals surface area contributed by atoms with Crippen molar-refractivity contribution in [2.45, 2.75) is 86.9 Å². The molecule has 48 heavy (non-hydrogen) atoms. The lowest BCUT2D eigenvalue weighted by Crippen LogP contribution is -2.64. The number of nitriles is 1. The number of thioether (sulfide) groups is 1. The second-order valence-electron chi connectivity index (χ2n) is 15.4. The van der Waals surface area contributed by atoms with E-state index in [4.69, 9.17) is 25.2 Å². The molecule has 8 aliphatic rings. The molecule has 12 unspecified atom stereocenters. The van der Waals surface area contributed by atoms with Crippen molar-refractivity contribution in [1.82, 2.24) is 14.7 Å². The van der Waals surface area contributed by atoms with Gasteiger partial charge in [0.05, 0.1) is 48.6 Å². The van der Waals surface area contributed by atoms with Crippen LogP contribution in [0.25, 0.3) is 0 Å². The summed E-state index contributed by atoms with van der Waals surface area (Å²) in [5.41, 5.74) is 6.73. The van der Waals surface area contributed by atoms with Crippen molar-refractivity contribution in [3.05, 3.63) is 10.6 Å². The van der Waals surface area contributed by atoms with Gasteiger partial charge in [-0.3, -0.25) is 9.80 Å². The molecule has 2 bridgehead atoms. The lowest BCUT2D eigenvalue weighted by molar-refractivity contribution is -0.0480. The molecule has 14 heteroatoms. The maximum absolute atomic E-state index is 17.7. The third kappa shape index (κ3) is 5.55. The quantitative estimate of drug-likeness (QED) is 0.362. The van der Waals surface area contributed by atoms with E-state index in [0.717, 1.165) is 44.7 Å².